The first-order valence-electron chi connectivity index (χ1n) is 8.10. The van der Waals surface area contributed by atoms with E-state index in [9.17, 15) is 0 Å². The van der Waals surface area contributed by atoms with E-state index in [-0.39, 0.29) is 0 Å². The Morgan fingerprint density at radius 2 is 2.00 bits per heavy atom. The smallest absolute Gasteiger partial charge is 0.0644 e. The van der Waals surface area contributed by atoms with Crippen molar-refractivity contribution >= 4 is 0 Å². The molecular weight excluding hydrogens is 264 g/mol. The molecule has 5 heteroatoms. The molecule has 1 aliphatic rings. The minimum atomic E-state index is 0.413. The largest absolute Gasteiger partial charge is 0.378 e. The summed E-state index contributed by atoms with van der Waals surface area (Å²) >= 11 is 0. The molecule has 0 radical (unpaired) electrons. The van der Waals surface area contributed by atoms with E-state index in [1.165, 1.54) is 11.3 Å². The molecule has 1 atom stereocenters. The third kappa shape index (κ3) is 3.84. The van der Waals surface area contributed by atoms with Gasteiger partial charge in [0.1, 0.15) is 0 Å². The second kappa shape index (κ2) is 7.38. The maximum Gasteiger partial charge on any atom is 0.0644 e. The molecule has 2 heterocycles. The number of piperidine rings is 1. The molecule has 0 aromatic carbocycles. The highest BCUT2D eigenvalue weighted by Crippen LogP contribution is 2.29. The summed E-state index contributed by atoms with van der Waals surface area (Å²) in [5, 5.41) is 4.54. The van der Waals surface area contributed by atoms with Crippen LogP contribution in [-0.4, -0.2) is 47.0 Å². The quantitative estimate of drug-likeness (QED) is 0.815. The van der Waals surface area contributed by atoms with Crippen LogP contribution in [0.4, 0.5) is 0 Å². The number of aryl methyl sites for hydroxylation is 2. The summed E-state index contributed by atoms with van der Waals surface area (Å²) in [6, 6.07) is 0.434. The third-order valence-corrected chi connectivity index (χ3v) is 4.71. The molecule has 0 amide bonds. The van der Waals surface area contributed by atoms with Crippen LogP contribution in [0.2, 0.25) is 0 Å². The number of likely N-dealkylation sites (tertiary alicyclic amines) is 1. The lowest BCUT2D eigenvalue weighted by molar-refractivity contribution is -0.000850. The molecule has 2 rings (SSSR count). The summed E-state index contributed by atoms with van der Waals surface area (Å²) in [4.78, 5) is 2.56. The molecule has 1 aromatic rings. The average molecular weight is 294 g/mol. The molecule has 0 aliphatic carbocycles. The van der Waals surface area contributed by atoms with Gasteiger partial charge >= 0.3 is 0 Å². The lowest BCUT2D eigenvalue weighted by Gasteiger charge is -2.36. The lowest BCUT2D eigenvalue weighted by atomic mass is 10.0. The van der Waals surface area contributed by atoms with Crippen LogP contribution < -0.4 is 5.73 Å². The summed E-state index contributed by atoms with van der Waals surface area (Å²) < 4.78 is 7.88. The van der Waals surface area contributed by atoms with Gasteiger partial charge in [0.25, 0.3) is 0 Å². The van der Waals surface area contributed by atoms with Gasteiger partial charge in [0.2, 0.25) is 0 Å². The van der Waals surface area contributed by atoms with Crippen LogP contribution in [-0.2, 0) is 11.8 Å². The molecule has 2 N–H and O–H groups in total. The highest BCUT2D eigenvalue weighted by molar-refractivity contribution is 5.27. The topological polar surface area (TPSA) is 56.3 Å². The fourth-order valence-corrected chi connectivity index (χ4v) is 3.34. The van der Waals surface area contributed by atoms with Crippen molar-refractivity contribution in [1.29, 1.82) is 0 Å². The number of nitrogens with zero attached hydrogens (tertiary/aromatic N) is 3. The predicted molar refractivity (Wildman–Crippen MR) is 85.3 cm³/mol. The molecule has 1 fully saturated rings. The molecule has 1 aromatic heterocycles. The van der Waals surface area contributed by atoms with Crippen molar-refractivity contribution in [2.75, 3.05) is 26.2 Å². The number of rotatable bonds is 6. The Hall–Kier alpha value is -0.910. The standard InChI is InChI=1S/C16H30N4O/c1-12-16(13(2)19(4)18-12)14(3)20-9-6-15(7-10-20)21-11-5-8-17/h14-15H,5-11,17H2,1-4H3. The van der Waals surface area contributed by atoms with Gasteiger partial charge in [0, 0.05) is 44.0 Å². The molecule has 0 spiro atoms. The second-order valence-electron chi connectivity index (χ2n) is 6.13. The molecule has 120 valence electrons. The van der Waals surface area contributed by atoms with Crippen LogP contribution in [0.15, 0.2) is 0 Å². The van der Waals surface area contributed by atoms with Crippen LogP contribution in [0, 0.1) is 13.8 Å². The zero-order valence-electron chi connectivity index (χ0n) is 13.9. The van der Waals surface area contributed by atoms with Crippen LogP contribution in [0.5, 0.6) is 0 Å². The Kier molecular flexibility index (Phi) is 5.79. The molecule has 1 unspecified atom stereocenters. The fraction of sp³-hybridized carbons (Fsp3) is 0.812. The van der Waals surface area contributed by atoms with Crippen LogP contribution >= 0.6 is 0 Å². The number of nitrogens with two attached hydrogens (primary N) is 1. The maximum atomic E-state index is 5.89. The number of ether oxygens (including phenoxy) is 1. The minimum absolute atomic E-state index is 0.413. The first-order chi connectivity index (χ1) is 10.0. The van der Waals surface area contributed by atoms with E-state index >= 15 is 0 Å². The Morgan fingerprint density at radius 1 is 1.33 bits per heavy atom. The van der Waals surface area contributed by atoms with Gasteiger partial charge in [-0.15, -0.1) is 0 Å². The van der Waals surface area contributed by atoms with Crippen molar-refractivity contribution in [3.63, 3.8) is 0 Å². The molecule has 1 aliphatic heterocycles. The SMILES string of the molecule is Cc1nn(C)c(C)c1C(C)N1CCC(OCCCN)CC1. The Labute approximate surface area is 128 Å². The van der Waals surface area contributed by atoms with Gasteiger partial charge in [-0.2, -0.15) is 5.10 Å². The van der Waals surface area contributed by atoms with Gasteiger partial charge in [0.05, 0.1) is 11.8 Å². The van der Waals surface area contributed by atoms with E-state index in [1.807, 2.05) is 11.7 Å². The highest BCUT2D eigenvalue weighted by Gasteiger charge is 2.26. The Bertz CT molecular complexity index is 449. The Morgan fingerprint density at radius 3 is 2.52 bits per heavy atom. The summed E-state index contributed by atoms with van der Waals surface area (Å²) in [6.07, 6.45) is 3.61. The number of hydrogen-bond donors (Lipinski definition) is 1. The van der Waals surface area contributed by atoms with Crippen LogP contribution in [0.25, 0.3) is 0 Å². The van der Waals surface area contributed by atoms with Gasteiger partial charge in [-0.3, -0.25) is 9.58 Å². The first kappa shape index (κ1) is 16.5. The summed E-state index contributed by atoms with van der Waals surface area (Å²) in [5.41, 5.74) is 9.33. The number of hydrogen-bond acceptors (Lipinski definition) is 4. The van der Waals surface area contributed by atoms with Crippen LogP contribution in [0.3, 0.4) is 0 Å². The second-order valence-corrected chi connectivity index (χ2v) is 6.13. The zero-order chi connectivity index (χ0) is 15.4. The van der Waals surface area contributed by atoms with Crippen molar-refractivity contribution in [1.82, 2.24) is 14.7 Å². The minimum Gasteiger partial charge on any atom is -0.378 e. The molecule has 0 bridgehead atoms. The van der Waals surface area contributed by atoms with Crippen molar-refractivity contribution in [3.8, 4) is 0 Å². The van der Waals surface area contributed by atoms with Gasteiger partial charge < -0.3 is 10.5 Å². The van der Waals surface area contributed by atoms with E-state index in [0.29, 0.717) is 12.1 Å². The molecule has 21 heavy (non-hydrogen) atoms. The summed E-state index contributed by atoms with van der Waals surface area (Å²) in [5.74, 6) is 0. The zero-order valence-corrected chi connectivity index (χ0v) is 13.9. The van der Waals surface area contributed by atoms with Gasteiger partial charge in [-0.05, 0) is 46.6 Å². The van der Waals surface area contributed by atoms with Gasteiger partial charge in [-0.25, -0.2) is 0 Å². The molecular formula is C16H30N4O. The summed E-state index contributed by atoms with van der Waals surface area (Å²) in [6.45, 7) is 10.3. The van der Waals surface area contributed by atoms with E-state index in [0.717, 1.165) is 51.2 Å². The fourth-order valence-electron chi connectivity index (χ4n) is 3.34. The van der Waals surface area contributed by atoms with Crippen LogP contribution in [0.1, 0.15) is 49.2 Å². The van der Waals surface area contributed by atoms with Crippen molar-refractivity contribution < 1.29 is 4.74 Å². The van der Waals surface area contributed by atoms with Crippen molar-refractivity contribution in [2.24, 2.45) is 12.8 Å². The maximum absolute atomic E-state index is 5.89. The summed E-state index contributed by atoms with van der Waals surface area (Å²) in [7, 11) is 2.02. The van der Waals surface area contributed by atoms with Crippen molar-refractivity contribution in [3.05, 3.63) is 17.0 Å². The highest BCUT2D eigenvalue weighted by atomic mass is 16.5. The van der Waals surface area contributed by atoms with E-state index in [2.05, 4.69) is 30.8 Å². The van der Waals surface area contributed by atoms with E-state index in [1.54, 1.807) is 0 Å². The monoisotopic (exact) mass is 294 g/mol. The van der Waals surface area contributed by atoms with E-state index in [4.69, 9.17) is 10.5 Å². The van der Waals surface area contributed by atoms with Gasteiger partial charge in [0.15, 0.2) is 0 Å². The average Bonchev–Trinajstić information content (AvgIpc) is 2.72. The normalized spacial score (nSPS) is 19.1. The first-order valence-corrected chi connectivity index (χ1v) is 8.10. The molecule has 5 nitrogen and oxygen atoms in total. The molecule has 1 saturated heterocycles. The predicted octanol–water partition coefficient (Wildman–Crippen LogP) is 1.93. The van der Waals surface area contributed by atoms with Gasteiger partial charge in [-0.1, -0.05) is 0 Å². The van der Waals surface area contributed by atoms with E-state index < -0.39 is 0 Å². The number of aromatic nitrogens is 2. The lowest BCUT2D eigenvalue weighted by Crippen LogP contribution is -2.39. The third-order valence-electron chi connectivity index (χ3n) is 4.71. The van der Waals surface area contributed by atoms with Crippen molar-refractivity contribution in [2.45, 2.75) is 52.2 Å². The molecule has 0 saturated carbocycles. The Balaban J connectivity index is 1.89.